The van der Waals surface area contributed by atoms with Gasteiger partial charge in [-0.2, -0.15) is 14.3 Å². The third-order valence-electron chi connectivity index (χ3n) is 5.14. The summed E-state index contributed by atoms with van der Waals surface area (Å²) in [4.78, 5) is 12.8. The highest BCUT2D eigenvalue weighted by atomic mass is 32.2. The fraction of sp³-hybridized carbons (Fsp3) is 0.273. The molecule has 1 fully saturated rings. The Labute approximate surface area is 191 Å². The van der Waals surface area contributed by atoms with Gasteiger partial charge in [0.2, 0.25) is 21.9 Å². The minimum atomic E-state index is -3.72. The zero-order chi connectivity index (χ0) is 23.6. The number of halogens is 2. The zero-order valence-electron chi connectivity index (χ0n) is 18.1. The van der Waals surface area contributed by atoms with Crippen LogP contribution in [0.2, 0.25) is 0 Å². The summed E-state index contributed by atoms with van der Waals surface area (Å²) in [6, 6.07) is 12.1. The first kappa shape index (κ1) is 22.9. The maximum atomic E-state index is 13.2. The number of aromatic nitrogens is 2. The Balaban J connectivity index is 1.51. The van der Waals surface area contributed by atoms with E-state index in [-0.39, 0.29) is 29.7 Å². The van der Waals surface area contributed by atoms with Crippen molar-refractivity contribution in [1.29, 1.82) is 0 Å². The predicted octanol–water partition coefficient (Wildman–Crippen LogP) is 3.12. The lowest BCUT2D eigenvalue weighted by molar-refractivity contribution is 0.381. The fourth-order valence-corrected chi connectivity index (χ4v) is 4.75. The molecule has 1 aliphatic heterocycles. The molecule has 0 radical (unpaired) electrons. The Kier molecular flexibility index (Phi) is 6.43. The molecule has 8 nitrogen and oxygen atoms in total. The first-order valence-electron chi connectivity index (χ1n) is 10.2. The van der Waals surface area contributed by atoms with Crippen LogP contribution in [0, 0.1) is 11.6 Å². The third kappa shape index (κ3) is 5.20. The Hall–Kier alpha value is -3.31. The maximum Gasteiger partial charge on any atom is 0.243 e. The summed E-state index contributed by atoms with van der Waals surface area (Å²) in [7, 11) is -0.0541. The number of benzene rings is 2. The first-order valence-corrected chi connectivity index (χ1v) is 11.7. The molecule has 4 rings (SSSR count). The number of sulfonamides is 1. The van der Waals surface area contributed by atoms with Gasteiger partial charge in [-0.25, -0.2) is 17.2 Å². The highest BCUT2D eigenvalue weighted by Crippen LogP contribution is 2.27. The van der Waals surface area contributed by atoms with Crippen LogP contribution in [0.25, 0.3) is 0 Å². The lowest BCUT2D eigenvalue weighted by Gasteiger charge is -2.34. The van der Waals surface area contributed by atoms with Crippen LogP contribution in [0.15, 0.2) is 59.5 Å². The summed E-state index contributed by atoms with van der Waals surface area (Å²) in [5, 5.41) is 0. The van der Waals surface area contributed by atoms with E-state index < -0.39 is 15.8 Å². The second kappa shape index (κ2) is 9.28. The van der Waals surface area contributed by atoms with Crippen LogP contribution in [0.1, 0.15) is 0 Å². The Morgan fingerprint density at radius 3 is 2.03 bits per heavy atom. The Morgan fingerprint density at radius 1 is 0.879 bits per heavy atom. The van der Waals surface area contributed by atoms with Crippen molar-refractivity contribution in [3.05, 3.63) is 66.2 Å². The maximum absolute atomic E-state index is 13.2. The number of anilines is 2. The summed E-state index contributed by atoms with van der Waals surface area (Å²) in [6.07, 6.45) is 0. The summed E-state index contributed by atoms with van der Waals surface area (Å²) in [5.41, 5.74) is 0. The largest absolute Gasteiger partial charge is 0.439 e. The molecule has 0 spiro atoms. The number of rotatable bonds is 6. The van der Waals surface area contributed by atoms with E-state index in [2.05, 4.69) is 9.97 Å². The van der Waals surface area contributed by atoms with Gasteiger partial charge in [0, 0.05) is 46.3 Å². The van der Waals surface area contributed by atoms with Gasteiger partial charge in [-0.3, -0.25) is 0 Å². The average molecular weight is 476 g/mol. The molecule has 0 bridgehead atoms. The molecule has 0 amide bonds. The van der Waals surface area contributed by atoms with Crippen molar-refractivity contribution in [1.82, 2.24) is 14.3 Å². The van der Waals surface area contributed by atoms with E-state index in [0.29, 0.717) is 30.6 Å². The molecule has 2 aromatic carbocycles. The van der Waals surface area contributed by atoms with Crippen LogP contribution in [0.3, 0.4) is 0 Å². The van der Waals surface area contributed by atoms with Crippen molar-refractivity contribution in [3.63, 3.8) is 0 Å². The number of hydrogen-bond acceptors (Lipinski definition) is 7. The van der Waals surface area contributed by atoms with Crippen molar-refractivity contribution in [2.24, 2.45) is 0 Å². The van der Waals surface area contributed by atoms with Gasteiger partial charge >= 0.3 is 0 Å². The van der Waals surface area contributed by atoms with Gasteiger partial charge in [0.05, 0.1) is 4.90 Å². The molecule has 0 unspecified atom stereocenters. The number of nitrogens with zero attached hydrogens (tertiary/aromatic N) is 5. The highest BCUT2D eigenvalue weighted by Gasteiger charge is 2.29. The van der Waals surface area contributed by atoms with E-state index in [1.165, 1.54) is 40.7 Å². The minimum absolute atomic E-state index is 0.0539. The van der Waals surface area contributed by atoms with Crippen LogP contribution in [0.5, 0.6) is 11.6 Å². The SMILES string of the molecule is CN(C)c1cc(Oc2ccc(F)cc2)nc(N2CCN(S(=O)(=O)c3ccc(F)cc3)CC2)n1. The van der Waals surface area contributed by atoms with Gasteiger partial charge in [-0.15, -0.1) is 0 Å². The summed E-state index contributed by atoms with van der Waals surface area (Å²) in [5.74, 6) is 0.872. The van der Waals surface area contributed by atoms with Crippen molar-refractivity contribution in [2.75, 3.05) is 50.1 Å². The van der Waals surface area contributed by atoms with Crippen LogP contribution >= 0.6 is 0 Å². The Bertz CT molecular complexity index is 1210. The predicted molar refractivity (Wildman–Crippen MR) is 120 cm³/mol. The molecular weight excluding hydrogens is 452 g/mol. The van der Waals surface area contributed by atoms with Crippen molar-refractivity contribution in [2.45, 2.75) is 4.90 Å². The van der Waals surface area contributed by atoms with Crippen LogP contribution in [-0.4, -0.2) is 63.0 Å². The lowest BCUT2D eigenvalue weighted by atomic mass is 10.3. The molecule has 11 heteroatoms. The second-order valence-electron chi connectivity index (χ2n) is 7.66. The summed E-state index contributed by atoms with van der Waals surface area (Å²) in [6.45, 7) is 1.19. The van der Waals surface area contributed by atoms with Gasteiger partial charge in [0.1, 0.15) is 23.2 Å². The van der Waals surface area contributed by atoms with Gasteiger partial charge in [-0.1, -0.05) is 0 Å². The fourth-order valence-electron chi connectivity index (χ4n) is 3.33. The van der Waals surface area contributed by atoms with E-state index in [0.717, 1.165) is 12.1 Å². The van der Waals surface area contributed by atoms with E-state index in [9.17, 15) is 17.2 Å². The van der Waals surface area contributed by atoms with E-state index in [1.807, 2.05) is 19.0 Å². The van der Waals surface area contributed by atoms with Gasteiger partial charge in [0.25, 0.3) is 0 Å². The summed E-state index contributed by atoms with van der Waals surface area (Å²) >= 11 is 0. The van der Waals surface area contributed by atoms with E-state index in [1.54, 1.807) is 11.0 Å². The second-order valence-corrected chi connectivity index (χ2v) is 9.60. The number of piperazine rings is 1. The van der Waals surface area contributed by atoms with Gasteiger partial charge in [-0.05, 0) is 48.5 Å². The quantitative estimate of drug-likeness (QED) is 0.542. The smallest absolute Gasteiger partial charge is 0.243 e. The van der Waals surface area contributed by atoms with Gasteiger partial charge < -0.3 is 14.5 Å². The molecular formula is C22H23F2N5O3S. The normalized spacial score (nSPS) is 14.8. The van der Waals surface area contributed by atoms with Crippen LogP contribution < -0.4 is 14.5 Å². The number of hydrogen-bond donors (Lipinski definition) is 0. The Morgan fingerprint density at radius 2 is 1.45 bits per heavy atom. The zero-order valence-corrected chi connectivity index (χ0v) is 19.0. The molecule has 33 heavy (non-hydrogen) atoms. The number of ether oxygens (including phenoxy) is 1. The van der Waals surface area contributed by atoms with E-state index >= 15 is 0 Å². The molecule has 2 heterocycles. The van der Waals surface area contributed by atoms with Crippen molar-refractivity contribution < 1.29 is 21.9 Å². The lowest BCUT2D eigenvalue weighted by Crippen LogP contribution is -2.49. The van der Waals surface area contributed by atoms with Crippen molar-refractivity contribution >= 4 is 21.8 Å². The van der Waals surface area contributed by atoms with Crippen LogP contribution in [0.4, 0.5) is 20.5 Å². The van der Waals surface area contributed by atoms with Gasteiger partial charge in [0.15, 0.2) is 0 Å². The molecule has 3 aromatic rings. The highest BCUT2D eigenvalue weighted by molar-refractivity contribution is 7.89. The molecule has 174 valence electrons. The molecule has 0 aliphatic carbocycles. The molecule has 1 saturated heterocycles. The molecule has 0 saturated carbocycles. The molecule has 0 N–H and O–H groups in total. The van der Waals surface area contributed by atoms with E-state index in [4.69, 9.17) is 4.74 Å². The summed E-state index contributed by atoms with van der Waals surface area (Å²) < 4.78 is 59.2. The standard InChI is InChI=1S/C22H23F2N5O3S/c1-27(2)20-15-21(32-18-7-3-16(23)4-8-18)26-22(25-20)28-11-13-29(14-12-28)33(30,31)19-9-5-17(24)6-10-19/h3-10,15H,11-14H2,1-2H3. The molecule has 1 aliphatic rings. The van der Waals surface area contributed by atoms with Crippen LogP contribution in [-0.2, 0) is 10.0 Å². The third-order valence-corrected chi connectivity index (χ3v) is 7.06. The average Bonchev–Trinajstić information content (AvgIpc) is 2.81. The monoisotopic (exact) mass is 475 g/mol. The topological polar surface area (TPSA) is 78.9 Å². The molecule has 0 atom stereocenters. The first-order chi connectivity index (χ1) is 15.7. The van der Waals surface area contributed by atoms with Crippen molar-refractivity contribution in [3.8, 4) is 11.6 Å². The minimum Gasteiger partial charge on any atom is -0.439 e. The molecule has 1 aromatic heterocycles.